The molecule has 1 aromatic heterocycles. The van der Waals surface area contributed by atoms with Crippen LogP contribution in [0.5, 0.6) is 5.75 Å². The van der Waals surface area contributed by atoms with Gasteiger partial charge in [-0.05, 0) is 48.0 Å². The monoisotopic (exact) mass is 529 g/mol. The fourth-order valence-corrected chi connectivity index (χ4v) is 3.88. The van der Waals surface area contributed by atoms with Crippen molar-refractivity contribution >= 4 is 62.5 Å². The Morgan fingerprint density at radius 3 is 2.81 bits per heavy atom. The fourth-order valence-electron chi connectivity index (χ4n) is 2.74. The standard InChI is InChI=1S/C23H17BrClN3O3S/c24-17-7-10-20(30-13-15-5-8-18(25)9-6-15)16(11-17)12-26-28-22(29)14-32-23-27-19-3-1-2-4-21(19)31-23/h1-12H,13-14H2,(H,28,29)/b26-12-. The zero-order valence-corrected chi connectivity index (χ0v) is 19.8. The van der Waals surface area contributed by atoms with Crippen LogP contribution in [0.25, 0.3) is 11.1 Å². The van der Waals surface area contributed by atoms with E-state index < -0.39 is 0 Å². The molecule has 1 amide bonds. The van der Waals surface area contributed by atoms with Gasteiger partial charge in [-0.3, -0.25) is 4.79 Å². The first kappa shape index (κ1) is 22.4. The Morgan fingerprint density at radius 1 is 1.19 bits per heavy atom. The van der Waals surface area contributed by atoms with Crippen LogP contribution < -0.4 is 10.2 Å². The topological polar surface area (TPSA) is 76.7 Å². The highest BCUT2D eigenvalue weighted by Crippen LogP contribution is 2.24. The van der Waals surface area contributed by atoms with E-state index in [1.54, 1.807) is 6.21 Å². The van der Waals surface area contributed by atoms with Gasteiger partial charge in [0.25, 0.3) is 11.1 Å². The minimum Gasteiger partial charge on any atom is -0.488 e. The first-order valence-electron chi connectivity index (χ1n) is 9.54. The second-order valence-corrected chi connectivity index (χ2v) is 8.91. The van der Waals surface area contributed by atoms with E-state index in [1.165, 1.54) is 11.8 Å². The number of carbonyl (C=O) groups excluding carboxylic acids is 1. The van der Waals surface area contributed by atoms with E-state index in [1.807, 2.05) is 66.7 Å². The van der Waals surface area contributed by atoms with E-state index >= 15 is 0 Å². The summed E-state index contributed by atoms with van der Waals surface area (Å²) in [5.41, 5.74) is 5.68. The summed E-state index contributed by atoms with van der Waals surface area (Å²) in [6, 6.07) is 20.5. The Morgan fingerprint density at radius 2 is 2.00 bits per heavy atom. The van der Waals surface area contributed by atoms with Gasteiger partial charge < -0.3 is 9.15 Å². The number of oxazole rings is 1. The highest BCUT2D eigenvalue weighted by molar-refractivity contribution is 9.10. The summed E-state index contributed by atoms with van der Waals surface area (Å²) in [6.45, 7) is 0.382. The number of hydrazone groups is 1. The van der Waals surface area contributed by atoms with Gasteiger partial charge in [0.15, 0.2) is 5.58 Å². The number of nitrogens with one attached hydrogen (secondary N) is 1. The Kier molecular flexibility index (Phi) is 7.47. The number of benzene rings is 3. The molecule has 162 valence electrons. The van der Waals surface area contributed by atoms with E-state index in [2.05, 4.69) is 31.4 Å². The highest BCUT2D eigenvalue weighted by atomic mass is 79.9. The molecule has 0 fully saturated rings. The number of ether oxygens (including phenoxy) is 1. The molecule has 1 N–H and O–H groups in total. The number of amides is 1. The maximum absolute atomic E-state index is 12.1. The molecule has 0 saturated carbocycles. The van der Waals surface area contributed by atoms with Crippen LogP contribution in [-0.4, -0.2) is 22.9 Å². The number of rotatable bonds is 8. The molecule has 0 aliphatic heterocycles. The SMILES string of the molecule is O=C(CSc1nc2ccccc2o1)N/N=C\c1cc(Br)ccc1OCc1ccc(Cl)cc1. The molecule has 1 heterocycles. The van der Waals surface area contributed by atoms with Crippen molar-refractivity contribution in [2.24, 2.45) is 5.10 Å². The molecular weight excluding hydrogens is 514 g/mol. The molecule has 0 saturated heterocycles. The molecule has 9 heteroatoms. The lowest BCUT2D eigenvalue weighted by Crippen LogP contribution is -2.19. The van der Waals surface area contributed by atoms with Crippen LogP contribution in [0.1, 0.15) is 11.1 Å². The average molecular weight is 531 g/mol. The van der Waals surface area contributed by atoms with Gasteiger partial charge in [-0.1, -0.05) is 63.6 Å². The average Bonchev–Trinajstić information content (AvgIpc) is 3.21. The van der Waals surface area contributed by atoms with Crippen molar-refractivity contribution in [2.75, 3.05) is 5.75 Å². The molecule has 0 aliphatic carbocycles. The van der Waals surface area contributed by atoms with Crippen LogP contribution in [0.15, 0.2) is 85.9 Å². The predicted molar refractivity (Wildman–Crippen MR) is 130 cm³/mol. The lowest BCUT2D eigenvalue weighted by Gasteiger charge is -2.10. The number of thioether (sulfide) groups is 1. The molecule has 0 radical (unpaired) electrons. The van der Waals surface area contributed by atoms with Gasteiger partial charge in [0, 0.05) is 15.1 Å². The summed E-state index contributed by atoms with van der Waals surface area (Å²) < 4.78 is 12.4. The summed E-state index contributed by atoms with van der Waals surface area (Å²) in [7, 11) is 0. The van der Waals surface area contributed by atoms with Gasteiger partial charge in [-0.15, -0.1) is 0 Å². The summed E-state index contributed by atoms with van der Waals surface area (Å²) in [4.78, 5) is 16.5. The molecule has 3 aromatic carbocycles. The van der Waals surface area contributed by atoms with Crippen molar-refractivity contribution in [1.29, 1.82) is 0 Å². The summed E-state index contributed by atoms with van der Waals surface area (Å²) in [5, 5.41) is 5.17. The van der Waals surface area contributed by atoms with Crippen LogP contribution in [-0.2, 0) is 11.4 Å². The second kappa shape index (κ2) is 10.7. The van der Waals surface area contributed by atoms with Crippen LogP contribution in [0.3, 0.4) is 0 Å². The minimum absolute atomic E-state index is 0.128. The smallest absolute Gasteiger partial charge is 0.257 e. The number of halogens is 2. The van der Waals surface area contributed by atoms with Gasteiger partial charge in [0.1, 0.15) is 17.9 Å². The van der Waals surface area contributed by atoms with Crippen molar-refractivity contribution in [3.05, 3.63) is 87.4 Å². The number of nitrogens with zero attached hydrogens (tertiary/aromatic N) is 2. The quantitative estimate of drug-likeness (QED) is 0.170. The maximum atomic E-state index is 12.1. The number of hydrogen-bond acceptors (Lipinski definition) is 6. The molecular formula is C23H17BrClN3O3S. The Bertz CT molecular complexity index is 1230. The van der Waals surface area contributed by atoms with Gasteiger partial charge in [-0.25, -0.2) is 10.4 Å². The fraction of sp³-hybridized carbons (Fsp3) is 0.0870. The molecule has 4 aromatic rings. The molecule has 4 rings (SSSR count). The predicted octanol–water partition coefficient (Wildman–Crippen LogP) is 6.07. The number of carbonyl (C=O) groups is 1. The van der Waals surface area contributed by atoms with Crippen LogP contribution in [0.2, 0.25) is 5.02 Å². The summed E-state index contributed by atoms with van der Waals surface area (Å²) in [5.74, 6) is 0.497. The number of para-hydroxylation sites is 2. The van der Waals surface area contributed by atoms with Crippen molar-refractivity contribution < 1.29 is 13.9 Å². The second-order valence-electron chi connectivity index (χ2n) is 6.63. The van der Waals surface area contributed by atoms with E-state index in [-0.39, 0.29) is 11.7 Å². The van der Waals surface area contributed by atoms with Gasteiger partial charge in [0.05, 0.1) is 12.0 Å². The van der Waals surface area contributed by atoms with Gasteiger partial charge in [0.2, 0.25) is 0 Å². The lowest BCUT2D eigenvalue weighted by atomic mass is 10.2. The highest BCUT2D eigenvalue weighted by Gasteiger charge is 2.09. The molecule has 0 bridgehead atoms. The van der Waals surface area contributed by atoms with E-state index in [4.69, 9.17) is 20.8 Å². The largest absolute Gasteiger partial charge is 0.488 e. The molecule has 0 aliphatic rings. The Balaban J connectivity index is 1.33. The van der Waals surface area contributed by atoms with Gasteiger partial charge >= 0.3 is 0 Å². The Hall–Kier alpha value is -2.81. The van der Waals surface area contributed by atoms with E-state index in [9.17, 15) is 4.79 Å². The minimum atomic E-state index is -0.271. The lowest BCUT2D eigenvalue weighted by molar-refractivity contribution is -0.118. The number of hydrogen-bond donors (Lipinski definition) is 1. The first-order valence-corrected chi connectivity index (χ1v) is 11.7. The maximum Gasteiger partial charge on any atom is 0.257 e. The van der Waals surface area contributed by atoms with Crippen LogP contribution >= 0.6 is 39.3 Å². The zero-order chi connectivity index (χ0) is 22.3. The van der Waals surface area contributed by atoms with Crippen molar-refractivity contribution in [3.63, 3.8) is 0 Å². The van der Waals surface area contributed by atoms with Gasteiger partial charge in [-0.2, -0.15) is 5.10 Å². The molecule has 0 spiro atoms. The third kappa shape index (κ3) is 6.12. The van der Waals surface area contributed by atoms with E-state index in [0.29, 0.717) is 28.2 Å². The van der Waals surface area contributed by atoms with Crippen LogP contribution in [0, 0.1) is 0 Å². The number of aromatic nitrogens is 1. The molecule has 0 atom stereocenters. The van der Waals surface area contributed by atoms with Crippen molar-refractivity contribution in [1.82, 2.24) is 10.4 Å². The Labute approximate surface area is 202 Å². The van der Waals surface area contributed by atoms with Crippen molar-refractivity contribution in [2.45, 2.75) is 11.8 Å². The third-order valence-electron chi connectivity index (χ3n) is 4.27. The third-order valence-corrected chi connectivity index (χ3v) is 5.85. The normalized spacial score (nSPS) is 11.2. The summed E-state index contributed by atoms with van der Waals surface area (Å²) in [6.07, 6.45) is 1.55. The summed E-state index contributed by atoms with van der Waals surface area (Å²) >= 11 is 10.6. The molecule has 6 nitrogen and oxygen atoms in total. The van der Waals surface area contributed by atoms with Crippen LogP contribution in [0.4, 0.5) is 0 Å². The number of fused-ring (bicyclic) bond motifs is 1. The molecule has 32 heavy (non-hydrogen) atoms. The first-order chi connectivity index (χ1) is 15.6. The zero-order valence-electron chi connectivity index (χ0n) is 16.6. The van der Waals surface area contributed by atoms with Crippen molar-refractivity contribution in [3.8, 4) is 5.75 Å². The van der Waals surface area contributed by atoms with E-state index in [0.717, 1.165) is 21.1 Å². The molecule has 0 unspecified atom stereocenters.